The van der Waals surface area contributed by atoms with E-state index in [1.807, 2.05) is 20.8 Å². The second kappa shape index (κ2) is 7.34. The van der Waals surface area contributed by atoms with E-state index in [1.54, 1.807) is 6.07 Å². The highest BCUT2D eigenvalue weighted by Crippen LogP contribution is 2.06. The number of nitrogens with zero attached hydrogens (tertiary/aromatic N) is 2. The van der Waals surface area contributed by atoms with Crippen LogP contribution in [0.2, 0.25) is 0 Å². The lowest BCUT2D eigenvalue weighted by molar-refractivity contribution is 0.0528. The molecular formula is C14H20N4O2. The van der Waals surface area contributed by atoms with Gasteiger partial charge < -0.3 is 15.4 Å². The van der Waals surface area contributed by atoms with Crippen molar-refractivity contribution in [3.05, 3.63) is 18.1 Å². The summed E-state index contributed by atoms with van der Waals surface area (Å²) in [4.78, 5) is 19.3. The number of aromatic nitrogens is 2. The smallest absolute Gasteiger partial charge is 0.407 e. The van der Waals surface area contributed by atoms with Crippen molar-refractivity contribution in [1.29, 1.82) is 0 Å². The summed E-state index contributed by atoms with van der Waals surface area (Å²) in [5, 5.41) is 5.78. The number of amides is 1. The first-order valence-electron chi connectivity index (χ1n) is 6.40. The molecule has 0 saturated heterocycles. The first kappa shape index (κ1) is 15.8. The molecule has 2 N–H and O–H groups in total. The van der Waals surface area contributed by atoms with Gasteiger partial charge in [-0.05, 0) is 27.2 Å². The highest BCUT2D eigenvalue weighted by Gasteiger charge is 2.15. The van der Waals surface area contributed by atoms with E-state index >= 15 is 0 Å². The maximum absolute atomic E-state index is 11.4. The van der Waals surface area contributed by atoms with E-state index in [4.69, 9.17) is 11.2 Å². The van der Waals surface area contributed by atoms with Crippen LogP contribution in [0.5, 0.6) is 0 Å². The third-order valence-corrected chi connectivity index (χ3v) is 2.14. The van der Waals surface area contributed by atoms with Crippen LogP contribution in [0.25, 0.3) is 0 Å². The first-order valence-corrected chi connectivity index (χ1v) is 6.40. The van der Waals surface area contributed by atoms with Crippen molar-refractivity contribution in [3.8, 4) is 12.3 Å². The maximum Gasteiger partial charge on any atom is 0.407 e. The molecule has 6 heteroatoms. The molecule has 0 bridgehead atoms. The number of anilines is 1. The lowest BCUT2D eigenvalue weighted by Crippen LogP contribution is -2.33. The minimum Gasteiger partial charge on any atom is -0.444 e. The molecule has 0 unspecified atom stereocenters. The summed E-state index contributed by atoms with van der Waals surface area (Å²) in [5.41, 5.74) is 0.0592. The molecule has 1 rings (SSSR count). The third kappa shape index (κ3) is 6.59. The molecule has 1 amide bonds. The van der Waals surface area contributed by atoms with Crippen LogP contribution in [0, 0.1) is 12.3 Å². The Kier molecular flexibility index (Phi) is 5.78. The number of hydrogen-bond acceptors (Lipinski definition) is 5. The van der Waals surface area contributed by atoms with Crippen molar-refractivity contribution < 1.29 is 9.53 Å². The Bertz CT molecular complexity index is 489. The zero-order valence-electron chi connectivity index (χ0n) is 12.1. The Balaban J connectivity index is 2.19. The quantitative estimate of drug-likeness (QED) is 0.633. The van der Waals surface area contributed by atoms with E-state index in [0.717, 1.165) is 6.42 Å². The Hall–Kier alpha value is -2.29. The van der Waals surface area contributed by atoms with Gasteiger partial charge in [0.15, 0.2) is 0 Å². The van der Waals surface area contributed by atoms with E-state index < -0.39 is 11.7 Å². The SMILES string of the molecule is C#Cc1cc(NCCCNC(=O)OC(C)(C)C)ncn1. The number of alkyl carbamates (subject to hydrolysis) is 1. The summed E-state index contributed by atoms with van der Waals surface area (Å²) in [6.07, 6.45) is 7.00. The van der Waals surface area contributed by atoms with E-state index in [9.17, 15) is 4.79 Å². The van der Waals surface area contributed by atoms with Crippen molar-refractivity contribution >= 4 is 11.9 Å². The monoisotopic (exact) mass is 276 g/mol. The van der Waals surface area contributed by atoms with E-state index in [0.29, 0.717) is 24.6 Å². The summed E-state index contributed by atoms with van der Waals surface area (Å²) in [6.45, 7) is 6.66. The fourth-order valence-electron chi connectivity index (χ4n) is 1.34. The number of terminal acetylenes is 1. The van der Waals surface area contributed by atoms with E-state index in [2.05, 4.69) is 26.5 Å². The minimum atomic E-state index is -0.477. The number of hydrogen-bond donors (Lipinski definition) is 2. The van der Waals surface area contributed by atoms with Gasteiger partial charge in [-0.3, -0.25) is 0 Å². The van der Waals surface area contributed by atoms with Crippen LogP contribution in [0.15, 0.2) is 12.4 Å². The van der Waals surface area contributed by atoms with E-state index in [1.165, 1.54) is 6.33 Å². The second-order valence-electron chi connectivity index (χ2n) is 5.14. The molecular weight excluding hydrogens is 256 g/mol. The van der Waals surface area contributed by atoms with Crippen molar-refractivity contribution in [2.75, 3.05) is 18.4 Å². The lowest BCUT2D eigenvalue weighted by Gasteiger charge is -2.19. The summed E-state index contributed by atoms with van der Waals surface area (Å²) in [7, 11) is 0. The summed E-state index contributed by atoms with van der Waals surface area (Å²) >= 11 is 0. The molecule has 0 aliphatic carbocycles. The highest BCUT2D eigenvalue weighted by atomic mass is 16.6. The predicted molar refractivity (Wildman–Crippen MR) is 77.3 cm³/mol. The lowest BCUT2D eigenvalue weighted by atomic mass is 10.2. The molecule has 1 aromatic heterocycles. The van der Waals surface area contributed by atoms with Gasteiger partial charge in [0, 0.05) is 19.2 Å². The molecule has 6 nitrogen and oxygen atoms in total. The van der Waals surface area contributed by atoms with Crippen LogP contribution in [-0.4, -0.2) is 34.8 Å². The molecule has 108 valence electrons. The molecule has 0 aliphatic rings. The molecule has 0 aliphatic heterocycles. The molecule has 0 atom stereocenters. The number of ether oxygens (including phenoxy) is 1. The summed E-state index contributed by atoms with van der Waals surface area (Å²) in [5.74, 6) is 3.11. The van der Waals surface area contributed by atoms with Crippen molar-refractivity contribution in [3.63, 3.8) is 0 Å². The van der Waals surface area contributed by atoms with Gasteiger partial charge in [-0.1, -0.05) is 5.92 Å². The summed E-state index contributed by atoms with van der Waals surface area (Å²) in [6, 6.07) is 1.70. The normalized spacial score (nSPS) is 10.5. The zero-order chi connectivity index (χ0) is 15.0. The fraction of sp³-hybridized carbons (Fsp3) is 0.500. The largest absolute Gasteiger partial charge is 0.444 e. The van der Waals surface area contributed by atoms with Crippen LogP contribution in [0.1, 0.15) is 32.9 Å². The zero-order valence-corrected chi connectivity index (χ0v) is 12.1. The van der Waals surface area contributed by atoms with Crippen LogP contribution in [0.4, 0.5) is 10.6 Å². The number of rotatable bonds is 5. The Morgan fingerprint density at radius 1 is 1.40 bits per heavy atom. The van der Waals surface area contributed by atoms with Gasteiger partial charge >= 0.3 is 6.09 Å². The Labute approximate surface area is 119 Å². The molecule has 0 aromatic carbocycles. The molecule has 0 radical (unpaired) electrons. The fourth-order valence-corrected chi connectivity index (χ4v) is 1.34. The second-order valence-corrected chi connectivity index (χ2v) is 5.14. The number of carbonyl (C=O) groups excluding carboxylic acids is 1. The predicted octanol–water partition coefficient (Wildman–Crippen LogP) is 1.78. The molecule has 1 aromatic rings. The summed E-state index contributed by atoms with van der Waals surface area (Å²) < 4.78 is 5.12. The molecule has 0 saturated carbocycles. The standard InChI is InChI=1S/C14H20N4O2/c1-5-11-9-12(18-10-17-11)15-7-6-8-16-13(19)20-14(2,3)4/h1,9-10H,6-8H2,2-4H3,(H,16,19)(H,15,17,18). The van der Waals surface area contributed by atoms with Crippen molar-refractivity contribution in [2.45, 2.75) is 32.8 Å². The van der Waals surface area contributed by atoms with Crippen LogP contribution >= 0.6 is 0 Å². The van der Waals surface area contributed by atoms with Gasteiger partial charge in [0.25, 0.3) is 0 Å². The van der Waals surface area contributed by atoms with Crippen molar-refractivity contribution in [2.24, 2.45) is 0 Å². The third-order valence-electron chi connectivity index (χ3n) is 2.14. The van der Waals surface area contributed by atoms with Gasteiger partial charge in [0.2, 0.25) is 0 Å². The van der Waals surface area contributed by atoms with Crippen molar-refractivity contribution in [1.82, 2.24) is 15.3 Å². The van der Waals surface area contributed by atoms with Gasteiger partial charge in [0.1, 0.15) is 23.4 Å². The average molecular weight is 276 g/mol. The molecule has 1 heterocycles. The average Bonchev–Trinajstić information content (AvgIpc) is 2.36. The molecule has 20 heavy (non-hydrogen) atoms. The Morgan fingerprint density at radius 3 is 2.80 bits per heavy atom. The van der Waals surface area contributed by atoms with Gasteiger partial charge in [-0.2, -0.15) is 0 Å². The van der Waals surface area contributed by atoms with E-state index in [-0.39, 0.29) is 0 Å². The maximum atomic E-state index is 11.4. The van der Waals surface area contributed by atoms with Gasteiger partial charge in [-0.25, -0.2) is 14.8 Å². The number of carbonyl (C=O) groups is 1. The van der Waals surface area contributed by atoms with Crippen LogP contribution in [-0.2, 0) is 4.74 Å². The van der Waals surface area contributed by atoms with Gasteiger partial charge in [-0.15, -0.1) is 6.42 Å². The first-order chi connectivity index (χ1) is 9.40. The minimum absolute atomic E-state index is 0.408. The Morgan fingerprint density at radius 2 is 2.15 bits per heavy atom. The van der Waals surface area contributed by atoms with Crippen LogP contribution in [0.3, 0.4) is 0 Å². The molecule has 0 spiro atoms. The van der Waals surface area contributed by atoms with Gasteiger partial charge in [0.05, 0.1) is 0 Å². The highest BCUT2D eigenvalue weighted by molar-refractivity contribution is 5.67. The number of nitrogens with one attached hydrogen (secondary N) is 2. The van der Waals surface area contributed by atoms with Crippen LogP contribution < -0.4 is 10.6 Å². The molecule has 0 fully saturated rings. The topological polar surface area (TPSA) is 76.1 Å².